The number of benzene rings is 1. The van der Waals surface area contributed by atoms with Crippen LogP contribution in [0.1, 0.15) is 26.3 Å². The summed E-state index contributed by atoms with van der Waals surface area (Å²) in [5.41, 5.74) is 3.73. The number of aromatic nitrogens is 2. The molecule has 1 N–H and O–H groups in total. The first-order chi connectivity index (χ1) is 8.69. The number of nitrogens with zero attached hydrogens (tertiary/aromatic N) is 2. The van der Waals surface area contributed by atoms with Crippen molar-refractivity contribution in [2.24, 2.45) is 0 Å². The van der Waals surface area contributed by atoms with Crippen LogP contribution in [0.15, 0.2) is 36.7 Å². The highest BCUT2D eigenvalue weighted by atomic mass is 15.3. The molecule has 1 heterocycles. The van der Waals surface area contributed by atoms with E-state index in [4.69, 9.17) is 0 Å². The fraction of sp³-hybridized carbons (Fsp3) is 0.400. The Kier molecular flexibility index (Phi) is 4.15. The number of aryl methyl sites for hydroxylation is 1. The molecule has 2 aromatic rings. The highest BCUT2D eigenvalue weighted by Crippen LogP contribution is 2.19. The van der Waals surface area contributed by atoms with Gasteiger partial charge >= 0.3 is 0 Å². The van der Waals surface area contributed by atoms with Gasteiger partial charge in [0, 0.05) is 30.9 Å². The van der Waals surface area contributed by atoms with Crippen molar-refractivity contribution in [2.75, 3.05) is 0 Å². The summed E-state index contributed by atoms with van der Waals surface area (Å²) >= 11 is 0. The molecular formula is C15H21N3. The number of rotatable bonds is 5. The molecular weight excluding hydrogens is 222 g/mol. The Hall–Kier alpha value is -1.61. The van der Waals surface area contributed by atoms with Gasteiger partial charge in [-0.2, -0.15) is 5.10 Å². The Morgan fingerprint density at radius 3 is 2.78 bits per heavy atom. The summed E-state index contributed by atoms with van der Waals surface area (Å²) in [4.78, 5) is 0. The maximum Gasteiger partial charge on any atom is 0.0568 e. The lowest BCUT2D eigenvalue weighted by atomic mass is 10.1. The monoisotopic (exact) mass is 243 g/mol. The molecule has 1 aromatic carbocycles. The second kappa shape index (κ2) is 5.83. The average Bonchev–Trinajstić information content (AvgIpc) is 2.85. The van der Waals surface area contributed by atoms with E-state index >= 15 is 0 Å². The molecule has 96 valence electrons. The SMILES string of the molecule is CCn1cc(-c2cccc(CNC(C)C)c2)cn1. The predicted molar refractivity (Wildman–Crippen MR) is 75.3 cm³/mol. The highest BCUT2D eigenvalue weighted by molar-refractivity contribution is 5.62. The molecule has 0 aliphatic rings. The van der Waals surface area contributed by atoms with Crippen LogP contribution >= 0.6 is 0 Å². The second-order valence-electron chi connectivity index (χ2n) is 4.82. The summed E-state index contributed by atoms with van der Waals surface area (Å²) in [6, 6.07) is 9.14. The summed E-state index contributed by atoms with van der Waals surface area (Å²) in [5, 5.41) is 7.75. The third kappa shape index (κ3) is 3.20. The van der Waals surface area contributed by atoms with E-state index in [1.807, 2.05) is 10.9 Å². The van der Waals surface area contributed by atoms with Crippen LogP contribution in [-0.4, -0.2) is 15.8 Å². The largest absolute Gasteiger partial charge is 0.310 e. The molecule has 0 radical (unpaired) electrons. The first kappa shape index (κ1) is 12.8. The fourth-order valence-electron chi connectivity index (χ4n) is 1.87. The molecule has 0 spiro atoms. The minimum absolute atomic E-state index is 0.511. The van der Waals surface area contributed by atoms with Crippen LogP contribution in [0.2, 0.25) is 0 Å². The van der Waals surface area contributed by atoms with Crippen LogP contribution in [0.3, 0.4) is 0 Å². The summed E-state index contributed by atoms with van der Waals surface area (Å²) in [6.45, 7) is 8.24. The van der Waals surface area contributed by atoms with Gasteiger partial charge in [0.1, 0.15) is 0 Å². The number of nitrogens with one attached hydrogen (secondary N) is 1. The summed E-state index contributed by atoms with van der Waals surface area (Å²) in [5.74, 6) is 0. The highest BCUT2D eigenvalue weighted by Gasteiger charge is 2.02. The Bertz CT molecular complexity index is 500. The van der Waals surface area contributed by atoms with Gasteiger partial charge in [0.15, 0.2) is 0 Å². The third-order valence-corrected chi connectivity index (χ3v) is 2.93. The van der Waals surface area contributed by atoms with E-state index in [9.17, 15) is 0 Å². The number of hydrogen-bond acceptors (Lipinski definition) is 2. The Balaban J connectivity index is 2.16. The normalized spacial score (nSPS) is 11.1. The van der Waals surface area contributed by atoms with Gasteiger partial charge in [0.2, 0.25) is 0 Å². The van der Waals surface area contributed by atoms with Crippen LogP contribution < -0.4 is 5.32 Å². The Labute approximate surface area is 109 Å². The molecule has 18 heavy (non-hydrogen) atoms. The van der Waals surface area contributed by atoms with Crippen molar-refractivity contribution in [1.29, 1.82) is 0 Å². The summed E-state index contributed by atoms with van der Waals surface area (Å²) in [7, 11) is 0. The van der Waals surface area contributed by atoms with Gasteiger partial charge in [-0.1, -0.05) is 32.0 Å². The van der Waals surface area contributed by atoms with Crippen LogP contribution in [-0.2, 0) is 13.1 Å². The lowest BCUT2D eigenvalue weighted by molar-refractivity contribution is 0.589. The van der Waals surface area contributed by atoms with E-state index in [-0.39, 0.29) is 0 Å². The van der Waals surface area contributed by atoms with Crippen molar-refractivity contribution in [3.8, 4) is 11.1 Å². The standard InChI is InChI=1S/C15H21N3/c1-4-18-11-15(10-17-18)14-7-5-6-13(8-14)9-16-12(2)3/h5-8,10-12,16H,4,9H2,1-3H3. The minimum Gasteiger partial charge on any atom is -0.310 e. The Morgan fingerprint density at radius 2 is 2.11 bits per heavy atom. The molecule has 0 atom stereocenters. The van der Waals surface area contributed by atoms with Crippen LogP contribution in [0.25, 0.3) is 11.1 Å². The van der Waals surface area contributed by atoms with Crippen LogP contribution in [0, 0.1) is 0 Å². The van der Waals surface area contributed by atoms with E-state index in [0.717, 1.165) is 13.1 Å². The third-order valence-electron chi connectivity index (χ3n) is 2.93. The zero-order valence-corrected chi connectivity index (χ0v) is 11.4. The molecule has 0 unspecified atom stereocenters. The lowest BCUT2D eigenvalue weighted by Crippen LogP contribution is -2.21. The molecule has 3 nitrogen and oxygen atoms in total. The maximum atomic E-state index is 4.32. The smallest absolute Gasteiger partial charge is 0.0568 e. The quantitative estimate of drug-likeness (QED) is 0.874. The maximum absolute atomic E-state index is 4.32. The first-order valence-electron chi connectivity index (χ1n) is 6.54. The summed E-state index contributed by atoms with van der Waals surface area (Å²) in [6.07, 6.45) is 4.02. The first-order valence-corrected chi connectivity index (χ1v) is 6.54. The van der Waals surface area contributed by atoms with Crippen molar-refractivity contribution < 1.29 is 0 Å². The van der Waals surface area contributed by atoms with Gasteiger partial charge < -0.3 is 5.32 Å². The molecule has 0 saturated carbocycles. The van der Waals surface area contributed by atoms with E-state index in [1.54, 1.807) is 0 Å². The molecule has 0 fully saturated rings. The van der Waals surface area contributed by atoms with Gasteiger partial charge in [0.05, 0.1) is 6.20 Å². The van der Waals surface area contributed by atoms with Crippen LogP contribution in [0.5, 0.6) is 0 Å². The molecule has 0 bridgehead atoms. The van der Waals surface area contributed by atoms with Gasteiger partial charge in [0.25, 0.3) is 0 Å². The molecule has 0 amide bonds. The van der Waals surface area contributed by atoms with Crippen molar-refractivity contribution in [2.45, 2.75) is 39.9 Å². The number of hydrogen-bond donors (Lipinski definition) is 1. The van der Waals surface area contributed by atoms with Crippen molar-refractivity contribution in [1.82, 2.24) is 15.1 Å². The summed E-state index contributed by atoms with van der Waals surface area (Å²) < 4.78 is 1.95. The molecule has 1 aromatic heterocycles. The van der Waals surface area contributed by atoms with Gasteiger partial charge in [-0.05, 0) is 24.1 Å². The van der Waals surface area contributed by atoms with Gasteiger partial charge in [-0.25, -0.2) is 0 Å². The van der Waals surface area contributed by atoms with Crippen molar-refractivity contribution >= 4 is 0 Å². The van der Waals surface area contributed by atoms with E-state index in [1.165, 1.54) is 16.7 Å². The average molecular weight is 243 g/mol. The lowest BCUT2D eigenvalue weighted by Gasteiger charge is -2.08. The molecule has 0 saturated heterocycles. The second-order valence-corrected chi connectivity index (χ2v) is 4.82. The van der Waals surface area contributed by atoms with Gasteiger partial charge in [-0.15, -0.1) is 0 Å². The zero-order chi connectivity index (χ0) is 13.0. The zero-order valence-electron chi connectivity index (χ0n) is 11.4. The molecule has 0 aliphatic carbocycles. The van der Waals surface area contributed by atoms with E-state index < -0.39 is 0 Å². The minimum atomic E-state index is 0.511. The van der Waals surface area contributed by atoms with Crippen molar-refractivity contribution in [3.63, 3.8) is 0 Å². The molecule has 3 heteroatoms. The Morgan fingerprint density at radius 1 is 1.28 bits per heavy atom. The fourth-order valence-corrected chi connectivity index (χ4v) is 1.87. The van der Waals surface area contributed by atoms with E-state index in [0.29, 0.717) is 6.04 Å². The molecule has 0 aliphatic heterocycles. The molecule has 2 rings (SSSR count). The van der Waals surface area contributed by atoms with E-state index in [2.05, 4.69) is 61.6 Å². The topological polar surface area (TPSA) is 29.9 Å². The van der Waals surface area contributed by atoms with Gasteiger partial charge in [-0.3, -0.25) is 4.68 Å². The van der Waals surface area contributed by atoms with Crippen molar-refractivity contribution in [3.05, 3.63) is 42.2 Å². The van der Waals surface area contributed by atoms with Crippen LogP contribution in [0.4, 0.5) is 0 Å². The predicted octanol–water partition coefficient (Wildman–Crippen LogP) is 3.07.